The molecule has 0 aromatic heterocycles. The van der Waals surface area contributed by atoms with Crippen molar-refractivity contribution in [3.05, 3.63) is 27.8 Å². The van der Waals surface area contributed by atoms with Crippen LogP contribution in [-0.2, 0) is 23.8 Å². The van der Waals surface area contributed by atoms with E-state index in [1.54, 1.807) is 34.6 Å². The zero-order chi connectivity index (χ0) is 23.5. The minimum atomic E-state index is -0.756. The molecule has 31 heavy (non-hydrogen) atoms. The van der Waals surface area contributed by atoms with Crippen LogP contribution in [0.4, 0.5) is 5.69 Å². The van der Waals surface area contributed by atoms with E-state index in [1.807, 2.05) is 0 Å². The number of ether oxygens (including phenoxy) is 3. The van der Waals surface area contributed by atoms with Crippen LogP contribution in [0.15, 0.2) is 0 Å². The van der Waals surface area contributed by atoms with Crippen LogP contribution in [0.5, 0.6) is 0 Å². The van der Waals surface area contributed by atoms with Gasteiger partial charge in [-0.25, -0.2) is 0 Å². The molecular formula is C21H27ClN2O7. The molecule has 0 bridgehead atoms. The summed E-state index contributed by atoms with van der Waals surface area (Å²) < 4.78 is 15.9. The molecule has 10 heteroatoms. The molecule has 0 spiro atoms. The molecule has 0 radical (unpaired) electrons. The van der Waals surface area contributed by atoms with Crippen LogP contribution < -0.4 is 10.6 Å². The highest BCUT2D eigenvalue weighted by Gasteiger charge is 2.33. The molecule has 2 amide bonds. The Kier molecular flexibility index (Phi) is 7.80. The van der Waals surface area contributed by atoms with Gasteiger partial charge >= 0.3 is 5.97 Å². The van der Waals surface area contributed by atoms with Crippen LogP contribution >= 0.6 is 11.6 Å². The summed E-state index contributed by atoms with van der Waals surface area (Å²) in [6.07, 6.45) is -0.318. The molecule has 1 fully saturated rings. The molecule has 170 valence electrons. The number of amides is 2. The number of nitrogens with one attached hydrogen (secondary N) is 2. The second-order valence-electron chi connectivity index (χ2n) is 7.76. The van der Waals surface area contributed by atoms with E-state index in [4.69, 9.17) is 25.8 Å². The summed E-state index contributed by atoms with van der Waals surface area (Å²) in [5.41, 5.74) is 1.87. The minimum Gasteiger partial charge on any atom is -0.456 e. The number of halogens is 1. The van der Waals surface area contributed by atoms with Crippen molar-refractivity contribution in [2.24, 2.45) is 0 Å². The summed E-state index contributed by atoms with van der Waals surface area (Å²) in [6, 6.07) is 0. The van der Waals surface area contributed by atoms with Crippen molar-refractivity contribution < 1.29 is 33.4 Å². The Balaban J connectivity index is 2.34. The summed E-state index contributed by atoms with van der Waals surface area (Å²) in [5.74, 6) is -2.38. The summed E-state index contributed by atoms with van der Waals surface area (Å²) in [7, 11) is 0. The van der Waals surface area contributed by atoms with Gasteiger partial charge in [0.05, 0.1) is 6.61 Å². The van der Waals surface area contributed by atoms with Gasteiger partial charge in [0.15, 0.2) is 12.4 Å². The molecule has 0 aliphatic carbocycles. The Morgan fingerprint density at radius 1 is 1.10 bits per heavy atom. The lowest BCUT2D eigenvalue weighted by atomic mass is 9.91. The van der Waals surface area contributed by atoms with Crippen LogP contribution in [0.25, 0.3) is 0 Å². The number of hydrogen-bond acceptors (Lipinski definition) is 7. The quantitative estimate of drug-likeness (QED) is 0.479. The second-order valence-corrected chi connectivity index (χ2v) is 8.11. The van der Waals surface area contributed by atoms with Gasteiger partial charge in [-0.2, -0.15) is 0 Å². The topological polar surface area (TPSA) is 120 Å². The SMILES string of the molecule is CC(=O)OCC(=O)Nc1c(C)c(C(=O)Cl)c(C)c(C(=O)NCC2COC(C)(C)O2)c1C. The number of benzene rings is 1. The lowest BCUT2D eigenvalue weighted by Gasteiger charge is -2.21. The lowest BCUT2D eigenvalue weighted by Crippen LogP contribution is -2.35. The fourth-order valence-electron chi connectivity index (χ4n) is 3.54. The van der Waals surface area contributed by atoms with Crippen LogP contribution in [0.2, 0.25) is 0 Å². The average Bonchev–Trinajstić information content (AvgIpc) is 3.00. The highest BCUT2D eigenvalue weighted by atomic mass is 35.5. The number of carbonyl (C=O) groups excluding carboxylic acids is 4. The van der Waals surface area contributed by atoms with E-state index >= 15 is 0 Å². The number of hydrogen-bond donors (Lipinski definition) is 2. The largest absolute Gasteiger partial charge is 0.456 e. The van der Waals surface area contributed by atoms with Crippen molar-refractivity contribution in [2.75, 3.05) is 25.1 Å². The van der Waals surface area contributed by atoms with Crippen molar-refractivity contribution >= 4 is 40.3 Å². The minimum absolute atomic E-state index is 0.127. The van der Waals surface area contributed by atoms with Crippen molar-refractivity contribution in [3.8, 4) is 0 Å². The van der Waals surface area contributed by atoms with Gasteiger partial charge in [0.2, 0.25) is 0 Å². The van der Waals surface area contributed by atoms with Crippen LogP contribution in [0, 0.1) is 20.8 Å². The normalized spacial score (nSPS) is 17.2. The van der Waals surface area contributed by atoms with Crippen molar-refractivity contribution in [1.29, 1.82) is 0 Å². The molecule has 1 heterocycles. The van der Waals surface area contributed by atoms with Gasteiger partial charge in [0, 0.05) is 30.3 Å². The highest BCUT2D eigenvalue weighted by Crippen LogP contribution is 2.32. The molecule has 1 aromatic carbocycles. The standard InChI is InChI=1S/C21H27ClN2O7/c1-10-16(19(22)27)11(2)18(24-15(26)9-29-13(4)25)12(3)17(10)20(28)23-7-14-8-30-21(5,6)31-14/h14H,7-9H2,1-6H3,(H,23,28)(H,24,26). The predicted octanol–water partition coefficient (Wildman–Crippen LogP) is 2.37. The molecule has 1 atom stereocenters. The first-order chi connectivity index (χ1) is 14.3. The number of esters is 1. The Labute approximate surface area is 185 Å². The van der Waals surface area contributed by atoms with Gasteiger partial charge in [-0.15, -0.1) is 0 Å². The molecule has 9 nitrogen and oxygen atoms in total. The first-order valence-electron chi connectivity index (χ1n) is 9.70. The number of rotatable bonds is 7. The molecular weight excluding hydrogens is 428 g/mol. The van der Waals surface area contributed by atoms with Crippen LogP contribution in [-0.4, -0.2) is 54.7 Å². The van der Waals surface area contributed by atoms with E-state index in [-0.39, 0.29) is 29.5 Å². The predicted molar refractivity (Wildman–Crippen MR) is 113 cm³/mol. The molecule has 2 N–H and O–H groups in total. The van der Waals surface area contributed by atoms with Gasteiger partial charge in [0.1, 0.15) is 6.10 Å². The number of anilines is 1. The third-order valence-corrected chi connectivity index (χ3v) is 5.09. The summed E-state index contributed by atoms with van der Waals surface area (Å²) in [5, 5.41) is 4.64. The van der Waals surface area contributed by atoms with Gasteiger partial charge < -0.3 is 24.8 Å². The molecule has 1 saturated heterocycles. The smallest absolute Gasteiger partial charge is 0.303 e. The molecule has 0 saturated carbocycles. The summed E-state index contributed by atoms with van der Waals surface area (Å²) >= 11 is 5.78. The van der Waals surface area contributed by atoms with Crippen molar-refractivity contribution in [3.63, 3.8) is 0 Å². The van der Waals surface area contributed by atoms with Gasteiger partial charge in [-0.3, -0.25) is 19.2 Å². The van der Waals surface area contributed by atoms with Gasteiger partial charge in [0.25, 0.3) is 17.1 Å². The maximum atomic E-state index is 13.0. The van der Waals surface area contributed by atoms with Gasteiger partial charge in [-0.1, -0.05) is 0 Å². The first-order valence-corrected chi connectivity index (χ1v) is 10.1. The van der Waals surface area contributed by atoms with E-state index in [9.17, 15) is 19.2 Å². The second kappa shape index (κ2) is 9.76. The summed E-state index contributed by atoms with van der Waals surface area (Å²) in [6.45, 7) is 9.67. The monoisotopic (exact) mass is 454 g/mol. The average molecular weight is 455 g/mol. The van der Waals surface area contributed by atoms with E-state index in [2.05, 4.69) is 10.6 Å². The van der Waals surface area contributed by atoms with Crippen molar-refractivity contribution in [1.82, 2.24) is 5.32 Å². The van der Waals surface area contributed by atoms with E-state index in [0.717, 1.165) is 0 Å². The first kappa shape index (κ1) is 24.8. The lowest BCUT2D eigenvalue weighted by molar-refractivity contribution is -0.144. The molecule has 1 aliphatic heterocycles. The van der Waals surface area contributed by atoms with Crippen LogP contribution in [0.3, 0.4) is 0 Å². The van der Waals surface area contributed by atoms with Crippen LogP contribution in [0.1, 0.15) is 58.2 Å². The summed E-state index contributed by atoms with van der Waals surface area (Å²) in [4.78, 5) is 48.2. The maximum absolute atomic E-state index is 13.0. The maximum Gasteiger partial charge on any atom is 0.303 e. The Hall–Kier alpha value is -2.49. The Bertz CT molecular complexity index is 927. The van der Waals surface area contributed by atoms with Gasteiger partial charge in [-0.05, 0) is 62.9 Å². The third kappa shape index (κ3) is 6.03. The zero-order valence-electron chi connectivity index (χ0n) is 18.4. The van der Waals surface area contributed by atoms with E-state index in [0.29, 0.717) is 23.3 Å². The molecule has 1 unspecified atom stereocenters. The molecule has 1 aromatic rings. The Morgan fingerprint density at radius 3 is 2.23 bits per heavy atom. The Morgan fingerprint density at radius 2 is 1.71 bits per heavy atom. The van der Waals surface area contributed by atoms with E-state index in [1.165, 1.54) is 6.92 Å². The van der Waals surface area contributed by atoms with E-state index < -0.39 is 35.4 Å². The number of carbonyl (C=O) groups is 4. The zero-order valence-corrected chi connectivity index (χ0v) is 19.2. The molecule has 2 rings (SSSR count). The molecule has 1 aliphatic rings. The fraction of sp³-hybridized carbons (Fsp3) is 0.524. The third-order valence-electron chi connectivity index (χ3n) is 4.90. The fourth-order valence-corrected chi connectivity index (χ4v) is 3.83. The van der Waals surface area contributed by atoms with Crippen molar-refractivity contribution in [2.45, 2.75) is 53.4 Å². The highest BCUT2D eigenvalue weighted by molar-refractivity contribution is 6.68.